The average molecular weight is 489 g/mol. The van der Waals surface area contributed by atoms with E-state index in [4.69, 9.17) is 0 Å². The summed E-state index contributed by atoms with van der Waals surface area (Å²) < 4.78 is 29.0. The van der Waals surface area contributed by atoms with E-state index in [1.807, 2.05) is 0 Å². The number of nitrogens with zero attached hydrogens (tertiary/aromatic N) is 4. The van der Waals surface area contributed by atoms with Gasteiger partial charge < -0.3 is 10.4 Å². The Kier molecular flexibility index (Phi) is 5.49. The molecule has 2 unspecified atom stereocenters. The maximum atomic E-state index is 13.5. The van der Waals surface area contributed by atoms with Crippen LogP contribution in [0, 0.1) is 17.8 Å². The molecule has 184 valence electrons. The topological polar surface area (TPSA) is 131 Å². The zero-order valence-corrected chi connectivity index (χ0v) is 20.5. The highest BCUT2D eigenvalue weighted by atomic mass is 32.2. The molecule has 0 radical (unpaired) electrons. The summed E-state index contributed by atoms with van der Waals surface area (Å²) in [5.41, 5.74) is -1.03. The fraction of sp³-hybridized carbons (Fsp3) is 0.609. The molecule has 2 atom stereocenters. The summed E-state index contributed by atoms with van der Waals surface area (Å²) in [7, 11) is -3.41. The summed E-state index contributed by atoms with van der Waals surface area (Å²) in [5.74, 6) is 1.41. The van der Waals surface area contributed by atoms with E-state index in [0.29, 0.717) is 29.1 Å². The third kappa shape index (κ3) is 4.56. The normalized spacial score (nSPS) is 30.8. The van der Waals surface area contributed by atoms with E-state index < -0.39 is 21.2 Å². The molecule has 0 saturated heterocycles. The SMILES string of the molecule is CC(C)(/C=C/n1ncc(C(=O)N[C@H]2C3CC4CC2C[C@](O)(C4)C3)c1-n1cccn1)NS(C)(=O)=O. The molecular weight excluding hydrogens is 456 g/mol. The number of hydrogen-bond donors (Lipinski definition) is 3. The number of rotatable bonds is 7. The molecule has 4 aliphatic carbocycles. The number of carbonyl (C=O) groups excluding carboxylic acids is 1. The summed E-state index contributed by atoms with van der Waals surface area (Å²) in [6.45, 7) is 3.46. The second-order valence-electron chi connectivity index (χ2n) is 10.9. The lowest BCUT2D eigenvalue weighted by Crippen LogP contribution is -2.61. The molecule has 0 aliphatic heterocycles. The maximum Gasteiger partial charge on any atom is 0.257 e. The van der Waals surface area contributed by atoms with Crippen LogP contribution in [0.1, 0.15) is 56.3 Å². The standard InChI is InChI=1S/C23H32N6O4S/c1-22(2,27-34(3,32)33)5-8-29-21(28-7-4-6-24-28)18(14-25-29)20(30)26-19-16-9-15-10-17(19)13-23(31,11-15)12-16/h4-8,14-17,19,27,31H,9-13H2,1-3H3,(H,26,30)/b8-5+/t15?,16?,17?,19-,23-. The number of sulfonamides is 1. The largest absolute Gasteiger partial charge is 0.390 e. The third-order valence-corrected chi connectivity index (χ3v) is 8.25. The van der Waals surface area contributed by atoms with E-state index in [-0.39, 0.29) is 11.9 Å². The van der Waals surface area contributed by atoms with Crippen molar-refractivity contribution in [1.29, 1.82) is 0 Å². The van der Waals surface area contributed by atoms with Gasteiger partial charge in [0.1, 0.15) is 5.56 Å². The second kappa shape index (κ2) is 8.03. The number of aliphatic hydroxyl groups is 1. The molecule has 6 rings (SSSR count). The Balaban J connectivity index is 1.41. The van der Waals surface area contributed by atoms with E-state index in [9.17, 15) is 18.3 Å². The quantitative estimate of drug-likeness (QED) is 0.542. The Morgan fingerprint density at radius 1 is 1.24 bits per heavy atom. The van der Waals surface area contributed by atoms with E-state index in [1.165, 1.54) is 10.9 Å². The maximum absolute atomic E-state index is 13.5. The van der Waals surface area contributed by atoms with Crippen LogP contribution in [0.5, 0.6) is 0 Å². The first-order valence-electron chi connectivity index (χ1n) is 11.7. The Morgan fingerprint density at radius 2 is 1.94 bits per heavy atom. The zero-order chi connectivity index (χ0) is 24.3. The number of carbonyl (C=O) groups is 1. The Hall–Kier alpha value is -2.50. The molecule has 4 bridgehead atoms. The van der Waals surface area contributed by atoms with Crippen molar-refractivity contribution in [3.05, 3.63) is 36.3 Å². The second-order valence-corrected chi connectivity index (χ2v) is 12.6. The molecule has 2 aromatic heterocycles. The van der Waals surface area contributed by atoms with Gasteiger partial charge in [-0.2, -0.15) is 10.2 Å². The van der Waals surface area contributed by atoms with Crippen LogP contribution in [0.25, 0.3) is 12.0 Å². The average Bonchev–Trinajstić information content (AvgIpc) is 3.35. The van der Waals surface area contributed by atoms with E-state index in [0.717, 1.165) is 38.4 Å². The first-order chi connectivity index (χ1) is 15.9. The van der Waals surface area contributed by atoms with Crippen LogP contribution in [-0.4, -0.2) is 62.4 Å². The van der Waals surface area contributed by atoms with Gasteiger partial charge >= 0.3 is 0 Å². The Morgan fingerprint density at radius 3 is 2.53 bits per heavy atom. The number of nitrogens with one attached hydrogen (secondary N) is 2. The van der Waals surface area contributed by atoms with Crippen LogP contribution in [0.15, 0.2) is 30.7 Å². The predicted octanol–water partition coefficient (Wildman–Crippen LogP) is 1.54. The number of hydrogen-bond acceptors (Lipinski definition) is 6. The van der Waals surface area contributed by atoms with Crippen molar-refractivity contribution >= 4 is 22.1 Å². The van der Waals surface area contributed by atoms with Gasteiger partial charge in [0.15, 0.2) is 5.82 Å². The minimum atomic E-state index is -3.41. The van der Waals surface area contributed by atoms with Crippen molar-refractivity contribution in [2.24, 2.45) is 17.8 Å². The van der Waals surface area contributed by atoms with Gasteiger partial charge in [-0.1, -0.05) is 0 Å². The summed E-state index contributed by atoms with van der Waals surface area (Å²) in [6, 6.07) is 1.81. The van der Waals surface area contributed by atoms with E-state index in [1.54, 1.807) is 49.3 Å². The van der Waals surface area contributed by atoms with Gasteiger partial charge in [0, 0.05) is 30.2 Å². The number of aromatic nitrogens is 4. The van der Waals surface area contributed by atoms with Crippen molar-refractivity contribution in [2.75, 3.05) is 6.26 Å². The third-order valence-electron chi connectivity index (χ3n) is 7.35. The molecule has 0 aromatic carbocycles. The first kappa shape index (κ1) is 23.3. The molecule has 0 spiro atoms. The molecule has 3 N–H and O–H groups in total. The van der Waals surface area contributed by atoms with Gasteiger partial charge in [0.25, 0.3) is 5.91 Å². The highest BCUT2D eigenvalue weighted by Crippen LogP contribution is 2.55. The Labute approximate surface area is 199 Å². The highest BCUT2D eigenvalue weighted by Gasteiger charge is 2.55. The van der Waals surface area contributed by atoms with Gasteiger partial charge in [0.2, 0.25) is 10.0 Å². The van der Waals surface area contributed by atoms with Crippen molar-refractivity contribution in [3.63, 3.8) is 0 Å². The molecule has 11 heteroatoms. The molecule has 4 saturated carbocycles. The zero-order valence-electron chi connectivity index (χ0n) is 19.7. The van der Waals surface area contributed by atoms with Gasteiger partial charge in [-0.15, -0.1) is 0 Å². The summed E-state index contributed by atoms with van der Waals surface area (Å²) >= 11 is 0. The molecule has 2 aromatic rings. The van der Waals surface area contributed by atoms with Crippen molar-refractivity contribution < 1.29 is 18.3 Å². The van der Waals surface area contributed by atoms with Gasteiger partial charge in [0.05, 0.1) is 18.1 Å². The monoisotopic (exact) mass is 488 g/mol. The van der Waals surface area contributed by atoms with Crippen molar-refractivity contribution in [3.8, 4) is 5.82 Å². The molecular formula is C23H32N6O4S. The lowest BCUT2D eigenvalue weighted by Gasteiger charge is -2.58. The lowest BCUT2D eigenvalue weighted by atomic mass is 9.52. The van der Waals surface area contributed by atoms with Crippen molar-refractivity contribution in [1.82, 2.24) is 29.6 Å². The van der Waals surface area contributed by atoms with Gasteiger partial charge in [-0.05, 0) is 75.8 Å². The minimum Gasteiger partial charge on any atom is -0.390 e. The molecule has 4 aliphatic rings. The fourth-order valence-corrected chi connectivity index (χ4v) is 7.49. The van der Waals surface area contributed by atoms with Crippen LogP contribution < -0.4 is 10.0 Å². The van der Waals surface area contributed by atoms with Crippen LogP contribution in [0.2, 0.25) is 0 Å². The number of amides is 1. The van der Waals surface area contributed by atoms with E-state index in [2.05, 4.69) is 20.2 Å². The Bertz CT molecular complexity index is 1200. The lowest BCUT2D eigenvalue weighted by molar-refractivity contribution is -0.136. The van der Waals surface area contributed by atoms with Crippen LogP contribution in [0.4, 0.5) is 0 Å². The molecule has 10 nitrogen and oxygen atoms in total. The van der Waals surface area contributed by atoms with Gasteiger partial charge in [-0.25, -0.2) is 22.5 Å². The molecule has 2 heterocycles. The van der Waals surface area contributed by atoms with Crippen LogP contribution in [-0.2, 0) is 10.0 Å². The fourth-order valence-electron chi connectivity index (χ4n) is 6.46. The van der Waals surface area contributed by atoms with Crippen LogP contribution >= 0.6 is 0 Å². The molecule has 4 fully saturated rings. The summed E-state index contributed by atoms with van der Waals surface area (Å²) in [4.78, 5) is 13.5. The smallest absolute Gasteiger partial charge is 0.257 e. The van der Waals surface area contributed by atoms with Gasteiger partial charge in [-0.3, -0.25) is 4.79 Å². The molecule has 1 amide bonds. The highest BCUT2D eigenvalue weighted by molar-refractivity contribution is 7.88. The van der Waals surface area contributed by atoms with E-state index >= 15 is 0 Å². The minimum absolute atomic E-state index is 0.0478. The van der Waals surface area contributed by atoms with Crippen LogP contribution in [0.3, 0.4) is 0 Å². The van der Waals surface area contributed by atoms with Crippen molar-refractivity contribution in [2.45, 2.75) is 63.1 Å². The first-order valence-corrected chi connectivity index (χ1v) is 13.6. The predicted molar refractivity (Wildman–Crippen MR) is 126 cm³/mol. The molecule has 34 heavy (non-hydrogen) atoms. The summed E-state index contributed by atoms with van der Waals surface area (Å²) in [6.07, 6.45) is 13.8. The summed E-state index contributed by atoms with van der Waals surface area (Å²) in [5, 5.41) is 22.8.